The van der Waals surface area contributed by atoms with Gasteiger partial charge in [-0.3, -0.25) is 0 Å². The van der Waals surface area contributed by atoms with E-state index in [4.69, 9.17) is 0 Å². The first kappa shape index (κ1) is 38.8. The van der Waals surface area contributed by atoms with Crippen LogP contribution in [0.15, 0.2) is 237 Å². The first-order valence-corrected chi connectivity index (χ1v) is 23.3. The van der Waals surface area contributed by atoms with Crippen LogP contribution >= 0.6 is 0 Å². The van der Waals surface area contributed by atoms with E-state index in [0.717, 1.165) is 58.1 Å². The third kappa shape index (κ3) is 6.83. The summed E-state index contributed by atoms with van der Waals surface area (Å²) in [4.78, 5) is 4.82. The van der Waals surface area contributed by atoms with Gasteiger partial charge in [0.25, 0.3) is 0 Å². The van der Waals surface area contributed by atoms with Gasteiger partial charge in [-0.15, -0.1) is 0 Å². The number of hydrogen-bond donors (Lipinski definition) is 0. The van der Waals surface area contributed by atoms with E-state index >= 15 is 0 Å². The van der Waals surface area contributed by atoms with Crippen LogP contribution in [0, 0.1) is 0 Å². The molecule has 0 unspecified atom stereocenters. The maximum absolute atomic E-state index is 2.48. The van der Waals surface area contributed by atoms with Gasteiger partial charge in [0.1, 0.15) is 0 Å². The zero-order valence-electron chi connectivity index (χ0n) is 36.9. The second kappa shape index (κ2) is 16.1. The fourth-order valence-electron chi connectivity index (χ4n) is 10.5. The van der Waals surface area contributed by atoms with Crippen molar-refractivity contribution in [2.24, 2.45) is 0 Å². The highest BCUT2D eigenvalue weighted by atomic mass is 15.2. The Labute approximate surface area is 389 Å². The molecule has 1 aliphatic carbocycles. The van der Waals surface area contributed by atoms with Crippen molar-refractivity contribution in [3.05, 3.63) is 247 Å². The second-order valence-electron chi connectivity index (χ2n) is 17.7. The summed E-state index contributed by atoms with van der Waals surface area (Å²) in [6, 6.07) is 86.8. The minimum absolute atomic E-state index is 1.02. The number of anilines is 6. The minimum Gasteiger partial charge on any atom is -0.310 e. The van der Waals surface area contributed by atoms with Crippen LogP contribution in [0.3, 0.4) is 0 Å². The van der Waals surface area contributed by atoms with E-state index in [1.54, 1.807) is 0 Å². The molecule has 0 amide bonds. The second-order valence-corrected chi connectivity index (χ2v) is 17.7. The molecule has 0 fully saturated rings. The van der Waals surface area contributed by atoms with Crippen LogP contribution in [0.4, 0.5) is 34.1 Å². The van der Waals surface area contributed by atoms with Crippen molar-refractivity contribution in [3.63, 3.8) is 0 Å². The lowest BCUT2D eigenvalue weighted by atomic mass is 9.99. The Bertz CT molecular complexity index is 3860. The Morgan fingerprint density at radius 3 is 1.49 bits per heavy atom. The smallest absolute Gasteiger partial charge is 0.0541 e. The summed E-state index contributed by atoms with van der Waals surface area (Å²) in [6.45, 7) is 0. The van der Waals surface area contributed by atoms with Crippen molar-refractivity contribution in [2.75, 3.05) is 9.80 Å². The first-order valence-electron chi connectivity index (χ1n) is 23.3. The van der Waals surface area contributed by atoms with Gasteiger partial charge in [0.2, 0.25) is 0 Å². The van der Waals surface area contributed by atoms with Crippen molar-refractivity contribution < 1.29 is 0 Å². The Hall–Kier alpha value is -8.66. The standard InChI is InChI=1S/C64H45N3/c1-3-20-52(21-4-1)65(54-32-29-44-15-7-9-18-47(44)37-54)57-40-51(41-58(43-57)66(53-22-5-2-6-23-53)55-33-30-45-16-8-10-19-48(45)38-55)49-31-36-64-62(42-49)61-25-13-14-26-63(61)67(64)56-34-35-60-50(39-56)28-27-46-17-11-12-24-59(46)60/h1-12,15-43H,13-14H2. The highest BCUT2D eigenvalue weighted by Crippen LogP contribution is 2.44. The molecule has 13 rings (SSSR count). The van der Waals surface area contributed by atoms with Crippen LogP contribution in [0.5, 0.6) is 0 Å². The van der Waals surface area contributed by atoms with Crippen molar-refractivity contribution in [2.45, 2.75) is 12.8 Å². The summed E-state index contributed by atoms with van der Waals surface area (Å²) < 4.78 is 2.48. The predicted octanol–water partition coefficient (Wildman–Crippen LogP) is 16.2. The lowest BCUT2D eigenvalue weighted by Crippen LogP contribution is -2.30. The first-order chi connectivity index (χ1) is 33.2. The molecule has 1 aromatic heterocycles. The maximum atomic E-state index is 2.48. The molecular formula is C64H45N3. The van der Waals surface area contributed by atoms with Gasteiger partial charge in [0, 0.05) is 55.8 Å². The number of para-hydroxylation sites is 2. The van der Waals surface area contributed by atoms with Crippen molar-refractivity contribution >= 4 is 100 Å². The zero-order chi connectivity index (χ0) is 44.3. The highest BCUT2D eigenvalue weighted by molar-refractivity contribution is 6.08. The molecule has 0 N–H and O–H groups in total. The van der Waals surface area contributed by atoms with Gasteiger partial charge in [-0.25, -0.2) is 0 Å². The van der Waals surface area contributed by atoms with Gasteiger partial charge in [-0.05, 0) is 158 Å². The summed E-state index contributed by atoms with van der Waals surface area (Å²) >= 11 is 0. The summed E-state index contributed by atoms with van der Waals surface area (Å²) in [6.07, 6.45) is 6.92. The lowest BCUT2D eigenvalue weighted by Gasteiger charge is -2.30. The molecule has 0 atom stereocenters. The van der Waals surface area contributed by atoms with Crippen LogP contribution in [-0.4, -0.2) is 4.57 Å². The third-order valence-electron chi connectivity index (χ3n) is 13.6. The molecule has 0 spiro atoms. The highest BCUT2D eigenvalue weighted by Gasteiger charge is 2.21. The average Bonchev–Trinajstić information content (AvgIpc) is 3.73. The van der Waals surface area contributed by atoms with Gasteiger partial charge in [0.15, 0.2) is 0 Å². The maximum Gasteiger partial charge on any atom is 0.0541 e. The van der Waals surface area contributed by atoms with E-state index in [2.05, 4.69) is 263 Å². The van der Waals surface area contributed by atoms with E-state index in [9.17, 15) is 0 Å². The summed E-state index contributed by atoms with van der Waals surface area (Å²) in [5.41, 5.74) is 11.2. The predicted molar refractivity (Wildman–Crippen MR) is 286 cm³/mol. The average molecular weight is 856 g/mol. The number of nitrogens with zero attached hydrogens (tertiary/aromatic N) is 3. The van der Waals surface area contributed by atoms with E-state index in [1.165, 1.54) is 70.2 Å². The van der Waals surface area contributed by atoms with Gasteiger partial charge in [0.05, 0.1) is 5.52 Å². The van der Waals surface area contributed by atoms with Crippen LogP contribution in [0.1, 0.15) is 12.8 Å². The molecule has 1 heterocycles. The number of benzene rings is 11. The molecule has 0 saturated heterocycles. The van der Waals surface area contributed by atoms with Crippen LogP contribution in [0.25, 0.3) is 83.0 Å². The quantitative estimate of drug-likeness (QED) is 0.141. The fourth-order valence-corrected chi connectivity index (χ4v) is 10.5. The Balaban J connectivity index is 1.04. The number of hydrogen-bond acceptors (Lipinski definition) is 2. The third-order valence-corrected chi connectivity index (χ3v) is 13.6. The molecule has 316 valence electrons. The van der Waals surface area contributed by atoms with Crippen LogP contribution in [-0.2, 0) is 0 Å². The molecule has 0 radical (unpaired) electrons. The lowest BCUT2D eigenvalue weighted by molar-refractivity contribution is 1.03. The SMILES string of the molecule is C1=c2c(n(-c3ccc4c(ccc5ccccc54)c3)c3ccc(-c4cc(N(c5ccccc5)c5ccc6ccccc6c5)cc(N(c5ccccc5)c5ccc6ccccc6c5)c4)cc23)=CCC1. The molecule has 12 aromatic rings. The number of aromatic nitrogens is 1. The topological polar surface area (TPSA) is 11.4 Å². The Morgan fingerprint density at radius 2 is 0.836 bits per heavy atom. The molecule has 3 nitrogen and oxygen atoms in total. The Kier molecular flexibility index (Phi) is 9.31. The normalized spacial score (nSPS) is 12.3. The van der Waals surface area contributed by atoms with Gasteiger partial charge in [-0.1, -0.05) is 158 Å². The molecule has 3 heteroatoms. The zero-order valence-corrected chi connectivity index (χ0v) is 36.9. The van der Waals surface area contributed by atoms with Gasteiger partial charge >= 0.3 is 0 Å². The molecular weight excluding hydrogens is 811 g/mol. The molecule has 11 aromatic carbocycles. The van der Waals surface area contributed by atoms with Crippen molar-refractivity contribution in [3.8, 4) is 16.8 Å². The summed E-state index contributed by atoms with van der Waals surface area (Å²) in [5, 5.41) is 13.8. The van der Waals surface area contributed by atoms with E-state index in [0.29, 0.717) is 0 Å². The molecule has 0 bridgehead atoms. The number of rotatable bonds is 8. The van der Waals surface area contributed by atoms with Gasteiger partial charge in [-0.2, -0.15) is 0 Å². The minimum atomic E-state index is 1.02. The molecule has 1 aliphatic rings. The summed E-state index contributed by atoms with van der Waals surface area (Å²) in [5.74, 6) is 0. The fraction of sp³-hybridized carbons (Fsp3) is 0.0312. The molecule has 0 aliphatic heterocycles. The van der Waals surface area contributed by atoms with Crippen LogP contribution in [0.2, 0.25) is 0 Å². The molecule has 0 saturated carbocycles. The van der Waals surface area contributed by atoms with E-state index in [1.807, 2.05) is 0 Å². The number of fused-ring (bicyclic) bond motifs is 8. The van der Waals surface area contributed by atoms with Gasteiger partial charge < -0.3 is 14.4 Å². The van der Waals surface area contributed by atoms with E-state index in [-0.39, 0.29) is 0 Å². The van der Waals surface area contributed by atoms with Crippen molar-refractivity contribution in [1.82, 2.24) is 4.57 Å². The monoisotopic (exact) mass is 855 g/mol. The van der Waals surface area contributed by atoms with Crippen molar-refractivity contribution in [1.29, 1.82) is 0 Å². The summed E-state index contributed by atoms with van der Waals surface area (Å²) in [7, 11) is 0. The largest absolute Gasteiger partial charge is 0.310 e. The Morgan fingerprint density at radius 1 is 0.299 bits per heavy atom. The van der Waals surface area contributed by atoms with E-state index < -0.39 is 0 Å². The molecule has 67 heavy (non-hydrogen) atoms. The van der Waals surface area contributed by atoms with Crippen LogP contribution < -0.4 is 20.4 Å².